The molecule has 6 nitrogen and oxygen atoms in total. The molecule has 0 aliphatic rings. The van der Waals surface area contributed by atoms with Gasteiger partial charge in [0, 0.05) is 74.9 Å². The highest BCUT2D eigenvalue weighted by Crippen LogP contribution is 2.34. The SMILES string of the molecule is C/C(=C\C(=C/N)c1cncc(-n2c3ccccc3c3ccccc32)c1)c1cncc(C(=C/N)/C=C(\C)n2c3ccccc3c3ccccc32)c1. The van der Waals surface area contributed by atoms with Crippen molar-refractivity contribution in [3.8, 4) is 5.69 Å². The Morgan fingerprint density at radius 1 is 0.520 bits per heavy atom. The molecule has 4 N–H and O–H groups in total. The first-order valence-electron chi connectivity index (χ1n) is 16.6. The predicted octanol–water partition coefficient (Wildman–Crippen LogP) is 9.95. The first kappa shape index (κ1) is 30.7. The maximum atomic E-state index is 6.27. The molecule has 0 amide bonds. The highest BCUT2D eigenvalue weighted by atomic mass is 15.0. The Labute approximate surface area is 290 Å². The number of para-hydroxylation sites is 4. The number of allylic oxidation sites excluding steroid dienone is 6. The lowest BCUT2D eigenvalue weighted by molar-refractivity contribution is 1.13. The number of rotatable bonds is 7. The molecule has 0 aliphatic heterocycles. The number of hydrogen-bond acceptors (Lipinski definition) is 4. The average Bonchev–Trinajstić information content (AvgIpc) is 3.69. The Balaban J connectivity index is 1.13. The molecular weight excluding hydrogens is 613 g/mol. The van der Waals surface area contributed by atoms with Gasteiger partial charge in [0.25, 0.3) is 0 Å². The summed E-state index contributed by atoms with van der Waals surface area (Å²) in [6.07, 6.45) is 15.0. The summed E-state index contributed by atoms with van der Waals surface area (Å²) < 4.78 is 4.55. The van der Waals surface area contributed by atoms with Crippen LogP contribution in [0, 0.1) is 0 Å². The van der Waals surface area contributed by atoms with Crippen LogP contribution in [0.3, 0.4) is 0 Å². The summed E-state index contributed by atoms with van der Waals surface area (Å²) in [6.45, 7) is 4.18. The van der Waals surface area contributed by atoms with E-state index in [9.17, 15) is 0 Å². The van der Waals surface area contributed by atoms with Crippen molar-refractivity contribution in [1.29, 1.82) is 0 Å². The quantitative estimate of drug-likeness (QED) is 0.168. The third-order valence-corrected chi connectivity index (χ3v) is 9.45. The topological polar surface area (TPSA) is 87.7 Å². The molecular formula is C44H36N6. The van der Waals surface area contributed by atoms with Crippen molar-refractivity contribution >= 4 is 66.0 Å². The van der Waals surface area contributed by atoms with Crippen LogP contribution in [-0.4, -0.2) is 19.1 Å². The second-order valence-electron chi connectivity index (χ2n) is 12.5. The fraction of sp³-hybridized carbons (Fsp3) is 0.0455. The van der Waals surface area contributed by atoms with Crippen LogP contribution in [0.4, 0.5) is 0 Å². The molecule has 0 bridgehead atoms. The zero-order valence-electron chi connectivity index (χ0n) is 28.0. The molecule has 0 atom stereocenters. The van der Waals surface area contributed by atoms with Gasteiger partial charge >= 0.3 is 0 Å². The Hall–Kier alpha value is -6.66. The molecule has 0 aliphatic carbocycles. The number of benzene rings is 4. The Morgan fingerprint density at radius 2 is 0.960 bits per heavy atom. The van der Waals surface area contributed by atoms with Gasteiger partial charge in [-0.3, -0.25) is 9.97 Å². The van der Waals surface area contributed by atoms with E-state index in [1.54, 1.807) is 12.4 Å². The van der Waals surface area contributed by atoms with E-state index in [0.29, 0.717) is 0 Å². The average molecular weight is 649 g/mol. The van der Waals surface area contributed by atoms with Crippen molar-refractivity contribution in [1.82, 2.24) is 19.1 Å². The summed E-state index contributed by atoms with van der Waals surface area (Å²) in [5, 5.41) is 4.85. The van der Waals surface area contributed by atoms with E-state index in [2.05, 4.69) is 154 Å². The van der Waals surface area contributed by atoms with Gasteiger partial charge in [-0.05, 0) is 79.1 Å². The minimum Gasteiger partial charge on any atom is -0.404 e. The molecule has 4 aromatic carbocycles. The van der Waals surface area contributed by atoms with E-state index in [4.69, 9.17) is 11.5 Å². The molecule has 8 aromatic rings. The van der Waals surface area contributed by atoms with Crippen LogP contribution in [-0.2, 0) is 0 Å². The summed E-state index contributed by atoms with van der Waals surface area (Å²) >= 11 is 0. The van der Waals surface area contributed by atoms with E-state index < -0.39 is 0 Å². The van der Waals surface area contributed by atoms with Crippen LogP contribution in [0.2, 0.25) is 0 Å². The lowest BCUT2D eigenvalue weighted by Gasteiger charge is -2.12. The lowest BCUT2D eigenvalue weighted by Crippen LogP contribution is -1.98. The molecule has 4 heterocycles. The molecule has 0 fully saturated rings. The van der Waals surface area contributed by atoms with Gasteiger partial charge in [-0.25, -0.2) is 0 Å². The van der Waals surface area contributed by atoms with Crippen LogP contribution in [0.5, 0.6) is 0 Å². The Morgan fingerprint density at radius 3 is 1.52 bits per heavy atom. The predicted molar refractivity (Wildman–Crippen MR) is 210 cm³/mol. The number of hydrogen-bond donors (Lipinski definition) is 2. The Kier molecular flexibility index (Phi) is 7.82. The standard InChI is InChI=1S/C44H36N6/c1-29(19-31(23-45)35-22-36(28-48-27-35)50-43-17-9-5-13-39(43)40-14-6-10-18-44(40)50)33-21-34(26-47-25-33)32(24-46)20-30(2)49-41-15-7-3-11-37(41)38-12-4-8-16-42(38)49/h3-28H,45-46H2,1-2H3/b29-19+,30-20+,31-23+,32-24+. The first-order chi connectivity index (χ1) is 24.6. The number of nitrogens with two attached hydrogens (primary N) is 2. The summed E-state index contributed by atoms with van der Waals surface area (Å²) in [6, 6.07) is 38.2. The van der Waals surface area contributed by atoms with Crippen LogP contribution >= 0.6 is 0 Å². The number of pyridine rings is 2. The van der Waals surface area contributed by atoms with Crippen LogP contribution in [0.1, 0.15) is 30.5 Å². The normalized spacial score (nSPS) is 13.2. The molecule has 50 heavy (non-hydrogen) atoms. The van der Waals surface area contributed by atoms with Crippen LogP contribution in [0.15, 0.2) is 159 Å². The third kappa shape index (κ3) is 5.24. The minimum absolute atomic E-state index is 0.861. The molecule has 0 radical (unpaired) electrons. The van der Waals surface area contributed by atoms with E-state index in [0.717, 1.165) is 66.9 Å². The van der Waals surface area contributed by atoms with Crippen molar-refractivity contribution in [2.45, 2.75) is 13.8 Å². The van der Waals surface area contributed by atoms with Gasteiger partial charge in [0.1, 0.15) is 0 Å². The maximum absolute atomic E-state index is 6.27. The lowest BCUT2D eigenvalue weighted by atomic mass is 9.99. The van der Waals surface area contributed by atoms with E-state index in [-0.39, 0.29) is 0 Å². The van der Waals surface area contributed by atoms with E-state index >= 15 is 0 Å². The van der Waals surface area contributed by atoms with Crippen molar-refractivity contribution in [3.05, 3.63) is 175 Å². The largest absolute Gasteiger partial charge is 0.404 e. The van der Waals surface area contributed by atoms with Crippen molar-refractivity contribution < 1.29 is 0 Å². The number of nitrogens with zero attached hydrogens (tertiary/aromatic N) is 4. The molecule has 0 unspecified atom stereocenters. The minimum atomic E-state index is 0.861. The second kappa shape index (κ2) is 12.7. The van der Waals surface area contributed by atoms with Gasteiger partial charge in [-0.2, -0.15) is 0 Å². The monoisotopic (exact) mass is 648 g/mol. The van der Waals surface area contributed by atoms with Crippen molar-refractivity contribution in [2.24, 2.45) is 11.5 Å². The van der Waals surface area contributed by atoms with E-state index in [1.165, 1.54) is 21.5 Å². The maximum Gasteiger partial charge on any atom is 0.0651 e. The number of fused-ring (bicyclic) bond motifs is 6. The van der Waals surface area contributed by atoms with Crippen molar-refractivity contribution in [3.63, 3.8) is 0 Å². The van der Waals surface area contributed by atoms with Gasteiger partial charge < -0.3 is 20.6 Å². The molecule has 0 saturated carbocycles. The summed E-state index contributed by atoms with van der Waals surface area (Å²) in [5.74, 6) is 0. The van der Waals surface area contributed by atoms with Gasteiger partial charge in [0.15, 0.2) is 0 Å². The fourth-order valence-corrected chi connectivity index (χ4v) is 7.09. The zero-order valence-corrected chi connectivity index (χ0v) is 28.0. The van der Waals surface area contributed by atoms with Gasteiger partial charge in [-0.15, -0.1) is 0 Å². The molecule has 6 heteroatoms. The highest BCUT2D eigenvalue weighted by molar-refractivity contribution is 6.11. The summed E-state index contributed by atoms with van der Waals surface area (Å²) in [5.41, 5.74) is 24.7. The highest BCUT2D eigenvalue weighted by Gasteiger charge is 2.14. The molecule has 242 valence electrons. The summed E-state index contributed by atoms with van der Waals surface area (Å²) in [4.78, 5) is 9.27. The second-order valence-corrected chi connectivity index (χ2v) is 12.5. The van der Waals surface area contributed by atoms with Gasteiger partial charge in [-0.1, -0.05) is 72.8 Å². The molecule has 0 spiro atoms. The van der Waals surface area contributed by atoms with Gasteiger partial charge in [0.05, 0.1) is 34.0 Å². The number of aromatic nitrogens is 4. The molecule has 4 aromatic heterocycles. The van der Waals surface area contributed by atoms with Crippen molar-refractivity contribution in [2.75, 3.05) is 0 Å². The van der Waals surface area contributed by atoms with Crippen LogP contribution < -0.4 is 11.5 Å². The third-order valence-electron chi connectivity index (χ3n) is 9.45. The smallest absolute Gasteiger partial charge is 0.0651 e. The first-order valence-corrected chi connectivity index (χ1v) is 16.6. The summed E-state index contributed by atoms with van der Waals surface area (Å²) in [7, 11) is 0. The fourth-order valence-electron chi connectivity index (χ4n) is 7.09. The van der Waals surface area contributed by atoms with Crippen LogP contribution in [0.25, 0.3) is 71.7 Å². The molecule has 0 saturated heterocycles. The zero-order chi connectivity index (χ0) is 34.2. The van der Waals surface area contributed by atoms with E-state index in [1.807, 2.05) is 24.8 Å². The molecule has 8 rings (SSSR count). The van der Waals surface area contributed by atoms with Gasteiger partial charge in [0.2, 0.25) is 0 Å². The Bertz CT molecular complexity index is 2590.